The quantitative estimate of drug-likeness (QED) is 0.730. The van der Waals surface area contributed by atoms with E-state index in [1.165, 1.54) is 0 Å². The van der Waals surface area contributed by atoms with Crippen LogP contribution in [0.2, 0.25) is 15.1 Å². The van der Waals surface area contributed by atoms with Crippen LogP contribution in [0.3, 0.4) is 0 Å². The first-order chi connectivity index (χ1) is 8.58. The highest BCUT2D eigenvalue weighted by Gasteiger charge is 2.14. The van der Waals surface area contributed by atoms with E-state index in [1.54, 1.807) is 12.1 Å². The van der Waals surface area contributed by atoms with Crippen LogP contribution in [0.25, 0.3) is 0 Å². The van der Waals surface area contributed by atoms with Crippen molar-refractivity contribution in [3.8, 4) is 5.75 Å². The van der Waals surface area contributed by atoms with Crippen molar-refractivity contribution in [3.63, 3.8) is 0 Å². The fraction of sp³-hybridized carbons (Fsp3) is 0.538. The predicted octanol–water partition coefficient (Wildman–Crippen LogP) is 4.80. The Balaban J connectivity index is 2.79. The summed E-state index contributed by atoms with van der Waals surface area (Å²) in [6, 6.07) is 3.32. The maximum absolute atomic E-state index is 6.11. The summed E-state index contributed by atoms with van der Waals surface area (Å²) in [6.07, 6.45) is 3.07. The molecule has 1 rings (SSSR count). The van der Waals surface area contributed by atoms with Crippen molar-refractivity contribution in [2.24, 2.45) is 0 Å². The molecule has 1 atom stereocenters. The molecule has 18 heavy (non-hydrogen) atoms. The predicted molar refractivity (Wildman–Crippen MR) is 79.3 cm³/mol. The van der Waals surface area contributed by atoms with Crippen LogP contribution in [-0.4, -0.2) is 19.7 Å². The maximum atomic E-state index is 6.11. The van der Waals surface area contributed by atoms with Gasteiger partial charge in [-0.05, 0) is 32.5 Å². The minimum Gasteiger partial charge on any atom is -0.489 e. The average molecular weight is 311 g/mol. The molecule has 0 aliphatic heterocycles. The Kier molecular flexibility index (Phi) is 7.16. The largest absolute Gasteiger partial charge is 0.489 e. The van der Waals surface area contributed by atoms with Gasteiger partial charge in [0.25, 0.3) is 0 Å². The van der Waals surface area contributed by atoms with Crippen molar-refractivity contribution in [1.29, 1.82) is 0 Å². The molecule has 0 spiro atoms. The van der Waals surface area contributed by atoms with Crippen LogP contribution in [0.15, 0.2) is 12.1 Å². The number of hydrogen-bond acceptors (Lipinski definition) is 2. The van der Waals surface area contributed by atoms with Gasteiger partial charge in [0.05, 0.1) is 11.1 Å². The Morgan fingerprint density at radius 1 is 1.22 bits per heavy atom. The third-order valence-corrected chi connectivity index (χ3v) is 3.58. The van der Waals surface area contributed by atoms with Gasteiger partial charge in [0.1, 0.15) is 10.8 Å². The molecule has 0 aliphatic rings. The Morgan fingerprint density at radius 3 is 2.56 bits per heavy atom. The molecule has 0 radical (unpaired) electrons. The van der Waals surface area contributed by atoms with Gasteiger partial charge in [-0.1, -0.05) is 48.1 Å². The summed E-state index contributed by atoms with van der Waals surface area (Å²) in [5.41, 5.74) is 0. The summed E-state index contributed by atoms with van der Waals surface area (Å²) in [4.78, 5) is 0. The fourth-order valence-electron chi connectivity index (χ4n) is 1.69. The van der Waals surface area contributed by atoms with Crippen LogP contribution in [0.5, 0.6) is 5.75 Å². The number of halogens is 3. The molecule has 1 N–H and O–H groups in total. The topological polar surface area (TPSA) is 21.3 Å². The molecule has 0 saturated heterocycles. The minimum atomic E-state index is 0.120. The summed E-state index contributed by atoms with van der Waals surface area (Å²) in [6.45, 7) is 3.03. The Hall–Kier alpha value is -0.150. The molecule has 0 amide bonds. The number of benzene rings is 1. The highest BCUT2D eigenvalue weighted by molar-refractivity contribution is 6.44. The number of ether oxygens (including phenoxy) is 1. The zero-order valence-electron chi connectivity index (χ0n) is 10.6. The Labute approximate surface area is 124 Å². The van der Waals surface area contributed by atoms with Crippen molar-refractivity contribution >= 4 is 34.8 Å². The van der Waals surface area contributed by atoms with Gasteiger partial charge < -0.3 is 10.1 Å². The maximum Gasteiger partial charge on any atom is 0.141 e. The lowest BCUT2D eigenvalue weighted by molar-refractivity contribution is 0.180. The number of nitrogens with one attached hydrogen (secondary N) is 1. The first-order valence-corrected chi connectivity index (χ1v) is 7.17. The monoisotopic (exact) mass is 309 g/mol. The molecule has 1 aromatic rings. The first-order valence-electron chi connectivity index (χ1n) is 6.04. The van der Waals surface area contributed by atoms with Gasteiger partial charge in [0.2, 0.25) is 0 Å². The molecule has 0 bridgehead atoms. The molecule has 0 fully saturated rings. The van der Waals surface area contributed by atoms with E-state index in [2.05, 4.69) is 12.2 Å². The molecular weight excluding hydrogens is 293 g/mol. The van der Waals surface area contributed by atoms with Crippen molar-refractivity contribution in [2.75, 3.05) is 13.6 Å². The molecule has 2 nitrogen and oxygen atoms in total. The molecule has 1 aromatic carbocycles. The smallest absolute Gasteiger partial charge is 0.141 e. The Morgan fingerprint density at radius 2 is 1.94 bits per heavy atom. The van der Waals surface area contributed by atoms with Crippen molar-refractivity contribution in [2.45, 2.75) is 32.3 Å². The molecule has 0 aromatic heterocycles. The number of hydrogen-bond donors (Lipinski definition) is 1. The third-order valence-electron chi connectivity index (χ3n) is 2.58. The second-order valence-electron chi connectivity index (χ2n) is 4.12. The summed E-state index contributed by atoms with van der Waals surface area (Å²) in [7, 11) is 1.92. The van der Waals surface area contributed by atoms with Gasteiger partial charge in [-0.2, -0.15) is 0 Å². The lowest BCUT2D eigenvalue weighted by Gasteiger charge is -2.20. The minimum absolute atomic E-state index is 0.120. The molecule has 0 unspecified atom stereocenters. The van der Waals surface area contributed by atoms with Gasteiger partial charge in [0, 0.05) is 11.1 Å². The average Bonchev–Trinajstić information content (AvgIpc) is 2.32. The second kappa shape index (κ2) is 8.11. The molecule has 5 heteroatoms. The van der Waals surface area contributed by atoms with E-state index >= 15 is 0 Å². The summed E-state index contributed by atoms with van der Waals surface area (Å²) in [5, 5.41) is 4.49. The Bertz CT molecular complexity index is 385. The lowest BCUT2D eigenvalue weighted by Crippen LogP contribution is -2.22. The van der Waals surface area contributed by atoms with Crippen LogP contribution in [0.1, 0.15) is 26.2 Å². The number of rotatable bonds is 7. The van der Waals surface area contributed by atoms with Crippen molar-refractivity contribution < 1.29 is 4.74 Å². The molecule has 0 heterocycles. The van der Waals surface area contributed by atoms with E-state index < -0.39 is 0 Å². The molecule has 102 valence electrons. The zero-order valence-corrected chi connectivity index (χ0v) is 12.9. The van der Waals surface area contributed by atoms with Crippen LogP contribution < -0.4 is 10.1 Å². The van der Waals surface area contributed by atoms with Crippen LogP contribution in [-0.2, 0) is 0 Å². The normalized spacial score (nSPS) is 12.5. The highest BCUT2D eigenvalue weighted by Crippen LogP contribution is 2.36. The van der Waals surface area contributed by atoms with E-state index in [-0.39, 0.29) is 6.10 Å². The van der Waals surface area contributed by atoms with E-state index in [4.69, 9.17) is 39.5 Å². The first kappa shape index (κ1) is 15.9. The van der Waals surface area contributed by atoms with E-state index in [9.17, 15) is 0 Å². The third kappa shape index (κ3) is 4.85. The standard InChI is InChI=1S/C13H18Cl3NO/c1-3-4-10(5-6-17-2)18-12-8-9(14)7-11(15)13(12)16/h7-8,10,17H,3-6H2,1-2H3/t10-/m0/s1. The fourth-order valence-corrected chi connectivity index (χ4v) is 2.32. The lowest BCUT2D eigenvalue weighted by atomic mass is 10.1. The SMILES string of the molecule is CCC[C@@H](CCNC)Oc1cc(Cl)cc(Cl)c1Cl. The van der Waals surface area contributed by atoms with Gasteiger partial charge in [-0.3, -0.25) is 0 Å². The van der Waals surface area contributed by atoms with Crippen LogP contribution in [0.4, 0.5) is 0 Å². The molecule has 0 saturated carbocycles. The van der Waals surface area contributed by atoms with Gasteiger partial charge in [-0.25, -0.2) is 0 Å². The zero-order chi connectivity index (χ0) is 13.5. The van der Waals surface area contributed by atoms with Crippen molar-refractivity contribution in [3.05, 3.63) is 27.2 Å². The van der Waals surface area contributed by atoms with Gasteiger partial charge in [-0.15, -0.1) is 0 Å². The van der Waals surface area contributed by atoms with Crippen LogP contribution in [0, 0.1) is 0 Å². The summed E-state index contributed by atoms with van der Waals surface area (Å²) in [5.74, 6) is 0.559. The van der Waals surface area contributed by atoms with Gasteiger partial charge >= 0.3 is 0 Å². The van der Waals surface area contributed by atoms with Crippen LogP contribution >= 0.6 is 34.8 Å². The molecular formula is C13H18Cl3NO. The summed E-state index contributed by atoms with van der Waals surface area (Å²) < 4.78 is 5.91. The second-order valence-corrected chi connectivity index (χ2v) is 5.34. The van der Waals surface area contributed by atoms with Gasteiger partial charge in [0.15, 0.2) is 0 Å². The van der Waals surface area contributed by atoms with E-state index in [0.717, 1.165) is 25.8 Å². The molecule has 0 aliphatic carbocycles. The van der Waals surface area contributed by atoms with E-state index in [1.807, 2.05) is 7.05 Å². The van der Waals surface area contributed by atoms with E-state index in [0.29, 0.717) is 20.8 Å². The van der Waals surface area contributed by atoms with Crippen molar-refractivity contribution in [1.82, 2.24) is 5.32 Å². The highest BCUT2D eigenvalue weighted by atomic mass is 35.5. The summed E-state index contributed by atoms with van der Waals surface area (Å²) >= 11 is 18.0.